The molecule has 0 spiro atoms. The number of anilines is 1. The molecule has 1 N–H and O–H groups in total. The van der Waals surface area contributed by atoms with E-state index >= 15 is 0 Å². The van der Waals surface area contributed by atoms with E-state index in [0.29, 0.717) is 11.4 Å². The van der Waals surface area contributed by atoms with E-state index in [9.17, 15) is 4.79 Å². The van der Waals surface area contributed by atoms with Crippen LogP contribution in [0.4, 0.5) is 5.69 Å². The number of benzene rings is 2. The van der Waals surface area contributed by atoms with Gasteiger partial charge in [0, 0.05) is 17.8 Å². The molecule has 7 heteroatoms. The highest BCUT2D eigenvalue weighted by molar-refractivity contribution is 6.03. The second kappa shape index (κ2) is 9.40. The molecule has 1 atom stereocenters. The third kappa shape index (κ3) is 5.07. The smallest absolute Gasteiger partial charge is 0.277 e. The molecule has 2 aromatic heterocycles. The van der Waals surface area contributed by atoms with Crippen molar-refractivity contribution in [1.82, 2.24) is 19.8 Å². The summed E-state index contributed by atoms with van der Waals surface area (Å²) in [4.78, 5) is 14.8. The van der Waals surface area contributed by atoms with Crippen LogP contribution in [0, 0.1) is 0 Å². The number of hydrogen-bond acceptors (Lipinski definition) is 5. The minimum atomic E-state index is -0.338. The van der Waals surface area contributed by atoms with Crippen LogP contribution < -0.4 is 5.32 Å². The summed E-state index contributed by atoms with van der Waals surface area (Å²) in [5.74, 6) is 0.212. The molecule has 0 bridgehead atoms. The number of carbonyl (C=O) groups excluding carboxylic acids is 1. The molecule has 0 radical (unpaired) electrons. The number of amides is 1. The molecule has 0 saturated heterocycles. The van der Waals surface area contributed by atoms with Gasteiger partial charge in [0.15, 0.2) is 11.5 Å². The van der Waals surface area contributed by atoms with Crippen molar-refractivity contribution in [2.75, 3.05) is 26.0 Å². The van der Waals surface area contributed by atoms with Gasteiger partial charge in [0.2, 0.25) is 0 Å². The number of aromatic nitrogens is 3. The van der Waals surface area contributed by atoms with Crippen molar-refractivity contribution in [3.8, 4) is 11.3 Å². The van der Waals surface area contributed by atoms with Crippen LogP contribution in [0.15, 0.2) is 83.6 Å². The summed E-state index contributed by atoms with van der Waals surface area (Å²) in [6.45, 7) is 0.919. The summed E-state index contributed by atoms with van der Waals surface area (Å²) in [5.41, 5.74) is 2.88. The molecule has 4 rings (SSSR count). The van der Waals surface area contributed by atoms with E-state index in [1.165, 1.54) is 5.56 Å². The van der Waals surface area contributed by atoms with Crippen LogP contribution in [-0.2, 0) is 0 Å². The third-order valence-corrected chi connectivity index (χ3v) is 5.01. The monoisotopic (exact) mass is 415 g/mol. The van der Waals surface area contributed by atoms with Gasteiger partial charge in [-0.3, -0.25) is 9.48 Å². The fourth-order valence-corrected chi connectivity index (χ4v) is 3.40. The normalized spacial score (nSPS) is 12.1. The molecule has 0 saturated carbocycles. The summed E-state index contributed by atoms with van der Waals surface area (Å²) >= 11 is 0. The van der Waals surface area contributed by atoms with Gasteiger partial charge < -0.3 is 14.7 Å². The van der Waals surface area contributed by atoms with Gasteiger partial charge in [-0.15, -0.1) is 0 Å². The van der Waals surface area contributed by atoms with Crippen molar-refractivity contribution >= 4 is 11.6 Å². The summed E-state index contributed by atoms with van der Waals surface area (Å²) in [7, 11) is 4.11. The lowest BCUT2D eigenvalue weighted by atomic mass is 10.0. The Bertz CT molecular complexity index is 1120. The molecule has 31 heavy (non-hydrogen) atoms. The summed E-state index contributed by atoms with van der Waals surface area (Å²) in [6, 6.07) is 21.5. The van der Waals surface area contributed by atoms with Crippen LogP contribution in [0.1, 0.15) is 28.5 Å². The Hall–Kier alpha value is -3.71. The molecule has 0 aliphatic carbocycles. The van der Waals surface area contributed by atoms with Crippen molar-refractivity contribution in [1.29, 1.82) is 0 Å². The Morgan fingerprint density at radius 1 is 1.10 bits per heavy atom. The zero-order valence-electron chi connectivity index (χ0n) is 17.6. The number of hydrogen-bond donors (Lipinski definition) is 1. The highest BCUT2D eigenvalue weighted by Gasteiger charge is 2.18. The Labute approximate surface area is 181 Å². The van der Waals surface area contributed by atoms with Gasteiger partial charge in [-0.1, -0.05) is 65.8 Å². The number of nitrogens with zero attached hydrogens (tertiary/aromatic N) is 4. The van der Waals surface area contributed by atoms with Gasteiger partial charge >= 0.3 is 0 Å². The van der Waals surface area contributed by atoms with E-state index < -0.39 is 0 Å². The Morgan fingerprint density at radius 3 is 2.52 bits per heavy atom. The summed E-state index contributed by atoms with van der Waals surface area (Å²) < 4.78 is 7.22. The van der Waals surface area contributed by atoms with E-state index in [1.54, 1.807) is 12.3 Å². The molecule has 4 aromatic rings. The molecule has 2 heterocycles. The molecule has 0 fully saturated rings. The molecule has 1 unspecified atom stereocenters. The minimum absolute atomic E-state index is 0.0750. The predicted molar refractivity (Wildman–Crippen MR) is 120 cm³/mol. The fraction of sp³-hybridized carbons (Fsp3) is 0.208. The summed E-state index contributed by atoms with van der Waals surface area (Å²) in [5, 5.41) is 11.3. The first-order chi connectivity index (χ1) is 15.1. The lowest BCUT2D eigenvalue weighted by Gasteiger charge is -2.20. The van der Waals surface area contributed by atoms with Gasteiger partial charge in [0.05, 0.1) is 17.9 Å². The van der Waals surface area contributed by atoms with E-state index in [1.807, 2.05) is 59.4 Å². The zero-order valence-corrected chi connectivity index (χ0v) is 17.6. The number of carbonyl (C=O) groups is 1. The molecule has 1 amide bonds. The van der Waals surface area contributed by atoms with Gasteiger partial charge in [0.25, 0.3) is 5.91 Å². The molecule has 0 aliphatic rings. The lowest BCUT2D eigenvalue weighted by molar-refractivity contribution is 0.101. The van der Waals surface area contributed by atoms with Crippen LogP contribution in [0.25, 0.3) is 11.3 Å². The topological polar surface area (TPSA) is 76.2 Å². The van der Waals surface area contributed by atoms with Crippen molar-refractivity contribution in [3.05, 3.63) is 90.4 Å². The quantitative estimate of drug-likeness (QED) is 0.463. The van der Waals surface area contributed by atoms with E-state index in [4.69, 9.17) is 4.52 Å². The molecular weight excluding hydrogens is 390 g/mol. The predicted octanol–water partition coefficient (Wildman–Crippen LogP) is 4.33. The zero-order chi connectivity index (χ0) is 21.6. The maximum atomic E-state index is 12.6. The van der Waals surface area contributed by atoms with Gasteiger partial charge in [-0.05, 0) is 32.6 Å². The average molecular weight is 415 g/mol. The van der Waals surface area contributed by atoms with E-state index in [2.05, 4.69) is 46.7 Å². The molecule has 158 valence electrons. The van der Waals surface area contributed by atoms with Crippen LogP contribution >= 0.6 is 0 Å². The highest BCUT2D eigenvalue weighted by Crippen LogP contribution is 2.24. The first kappa shape index (κ1) is 20.6. The molecular formula is C24H25N5O2. The second-order valence-electron chi connectivity index (χ2n) is 7.62. The Balaban J connectivity index is 1.48. The van der Waals surface area contributed by atoms with Gasteiger partial charge in [-0.2, -0.15) is 5.10 Å². The molecule has 2 aromatic carbocycles. The Morgan fingerprint density at radius 2 is 1.81 bits per heavy atom. The van der Waals surface area contributed by atoms with Crippen molar-refractivity contribution < 1.29 is 9.32 Å². The van der Waals surface area contributed by atoms with Crippen molar-refractivity contribution in [2.45, 2.75) is 12.5 Å². The number of rotatable bonds is 8. The van der Waals surface area contributed by atoms with E-state index in [0.717, 1.165) is 18.5 Å². The average Bonchev–Trinajstić information content (AvgIpc) is 3.45. The van der Waals surface area contributed by atoms with Crippen LogP contribution in [-0.4, -0.2) is 46.4 Å². The first-order valence-electron chi connectivity index (χ1n) is 10.2. The standard InChI is InChI=1S/C24H25N5O2/c1-28(2)14-13-22(18-9-5-3-6-10-18)29-17-20(16-25-29)26-24(30)21-15-23(31-27-21)19-11-7-4-8-12-19/h3-12,15-17,22H,13-14H2,1-2H3,(H,26,30). The summed E-state index contributed by atoms with van der Waals surface area (Å²) in [6.07, 6.45) is 4.40. The van der Waals surface area contributed by atoms with Crippen LogP contribution in [0.2, 0.25) is 0 Å². The maximum absolute atomic E-state index is 12.6. The van der Waals surface area contributed by atoms with Crippen LogP contribution in [0.5, 0.6) is 0 Å². The molecule has 7 nitrogen and oxygen atoms in total. The second-order valence-corrected chi connectivity index (χ2v) is 7.62. The van der Waals surface area contributed by atoms with E-state index in [-0.39, 0.29) is 17.6 Å². The van der Waals surface area contributed by atoms with Gasteiger partial charge in [-0.25, -0.2) is 0 Å². The third-order valence-electron chi connectivity index (χ3n) is 5.01. The van der Waals surface area contributed by atoms with Crippen LogP contribution in [0.3, 0.4) is 0 Å². The lowest BCUT2D eigenvalue weighted by Crippen LogP contribution is -2.20. The fourth-order valence-electron chi connectivity index (χ4n) is 3.40. The van der Waals surface area contributed by atoms with Crippen molar-refractivity contribution in [2.24, 2.45) is 0 Å². The highest BCUT2D eigenvalue weighted by atomic mass is 16.5. The first-order valence-corrected chi connectivity index (χ1v) is 10.2. The maximum Gasteiger partial charge on any atom is 0.277 e. The minimum Gasteiger partial charge on any atom is -0.355 e. The SMILES string of the molecule is CN(C)CCC(c1ccccc1)n1cc(NC(=O)c2cc(-c3ccccc3)on2)cn1. The van der Waals surface area contributed by atoms with Gasteiger partial charge in [0.1, 0.15) is 0 Å². The Kier molecular flexibility index (Phi) is 6.24. The number of nitrogens with one attached hydrogen (secondary N) is 1. The largest absolute Gasteiger partial charge is 0.355 e. The molecule has 0 aliphatic heterocycles. The van der Waals surface area contributed by atoms with Crippen molar-refractivity contribution in [3.63, 3.8) is 0 Å².